The van der Waals surface area contributed by atoms with Gasteiger partial charge in [0.05, 0.1) is 24.4 Å². The Morgan fingerprint density at radius 2 is 2.04 bits per heavy atom. The third-order valence-electron chi connectivity index (χ3n) is 10.4. The summed E-state index contributed by atoms with van der Waals surface area (Å²) in [5.74, 6) is 1.16. The van der Waals surface area contributed by atoms with Crippen LogP contribution in [0.2, 0.25) is 0 Å². The molecule has 6 rings (SSSR count). The topological polar surface area (TPSA) is 62.2 Å². The fourth-order valence-electron chi connectivity index (χ4n) is 9.88. The molecule has 5 fully saturated rings. The Labute approximate surface area is 168 Å². The van der Waals surface area contributed by atoms with Crippen molar-refractivity contribution < 1.29 is 19.7 Å². The summed E-state index contributed by atoms with van der Waals surface area (Å²) in [6.45, 7) is 5.13. The van der Waals surface area contributed by atoms with Crippen LogP contribution in [0.5, 0.6) is 0 Å². The van der Waals surface area contributed by atoms with Crippen LogP contribution in [0.1, 0.15) is 32.6 Å². The molecular weight excluding hydrogens is 354 g/mol. The molecule has 0 amide bonds. The van der Waals surface area contributed by atoms with Crippen LogP contribution in [0.3, 0.4) is 0 Å². The number of ether oxygens (including phenoxy) is 2. The highest BCUT2D eigenvalue weighted by molar-refractivity contribution is 5.36. The van der Waals surface area contributed by atoms with Crippen LogP contribution in [0.4, 0.5) is 0 Å². The summed E-state index contributed by atoms with van der Waals surface area (Å²) in [6.07, 6.45) is 8.27. The van der Waals surface area contributed by atoms with Gasteiger partial charge in [-0.05, 0) is 44.1 Å². The number of piperidine rings is 1. The minimum absolute atomic E-state index is 0.0309. The van der Waals surface area contributed by atoms with Gasteiger partial charge in [-0.15, -0.1) is 0 Å². The highest BCUT2D eigenvalue weighted by Gasteiger charge is 2.82. The average Bonchev–Trinajstić information content (AvgIpc) is 3.08. The Morgan fingerprint density at radius 3 is 2.75 bits per heavy atom. The number of hydrogen-bond acceptors (Lipinski definition) is 5. The Morgan fingerprint density at radius 1 is 1.21 bits per heavy atom. The number of nitrogens with zero attached hydrogens (tertiary/aromatic N) is 1. The van der Waals surface area contributed by atoms with E-state index in [1.807, 2.05) is 14.2 Å². The monoisotopic (exact) mass is 389 g/mol. The quantitative estimate of drug-likeness (QED) is 0.717. The maximum absolute atomic E-state index is 12.0. The lowest BCUT2D eigenvalue weighted by Crippen LogP contribution is -2.75. The van der Waals surface area contributed by atoms with Gasteiger partial charge in [-0.2, -0.15) is 0 Å². The van der Waals surface area contributed by atoms with Crippen LogP contribution in [-0.4, -0.2) is 72.9 Å². The molecule has 0 aromatic carbocycles. The highest BCUT2D eigenvalue weighted by atomic mass is 16.5. The second-order valence-corrected chi connectivity index (χ2v) is 10.7. The van der Waals surface area contributed by atoms with Crippen molar-refractivity contribution in [1.82, 2.24) is 4.90 Å². The fourth-order valence-corrected chi connectivity index (χ4v) is 9.88. The largest absolute Gasteiger partial charge is 0.392 e. The fraction of sp³-hybridized carbons (Fsp3) is 0.913. The number of likely N-dealkylation sites (tertiary alicyclic amines) is 1. The van der Waals surface area contributed by atoms with Crippen LogP contribution in [0.15, 0.2) is 12.2 Å². The lowest BCUT2D eigenvalue weighted by atomic mass is 9.43. The highest BCUT2D eigenvalue weighted by Crippen LogP contribution is 2.78. The molecule has 1 heterocycles. The lowest BCUT2D eigenvalue weighted by Gasteiger charge is -2.69. The maximum Gasteiger partial charge on any atom is 0.0926 e. The van der Waals surface area contributed by atoms with Gasteiger partial charge in [0, 0.05) is 55.4 Å². The third-order valence-corrected chi connectivity index (χ3v) is 10.4. The minimum atomic E-state index is -0.876. The van der Waals surface area contributed by atoms with E-state index >= 15 is 0 Å². The van der Waals surface area contributed by atoms with Gasteiger partial charge in [0.1, 0.15) is 0 Å². The number of rotatable bonds is 4. The molecule has 1 aliphatic heterocycles. The maximum atomic E-state index is 12.0. The predicted octanol–water partition coefficient (Wildman–Crippen LogP) is 1.68. The van der Waals surface area contributed by atoms with Crippen molar-refractivity contribution in [3.05, 3.63) is 12.2 Å². The van der Waals surface area contributed by atoms with Crippen molar-refractivity contribution in [3.8, 4) is 0 Å². The predicted molar refractivity (Wildman–Crippen MR) is 105 cm³/mol. The molecule has 5 nitrogen and oxygen atoms in total. The number of aliphatic hydroxyl groups excluding tert-OH is 1. The number of methoxy groups -OCH3 is 2. The first-order valence-electron chi connectivity index (χ1n) is 11.3. The lowest BCUT2D eigenvalue weighted by molar-refractivity contribution is -0.262. The molecule has 28 heavy (non-hydrogen) atoms. The van der Waals surface area contributed by atoms with Crippen LogP contribution < -0.4 is 0 Å². The Bertz CT molecular complexity index is 713. The summed E-state index contributed by atoms with van der Waals surface area (Å²) in [4.78, 5) is 2.67. The van der Waals surface area contributed by atoms with E-state index in [4.69, 9.17) is 9.47 Å². The zero-order valence-corrected chi connectivity index (χ0v) is 17.4. The van der Waals surface area contributed by atoms with Crippen LogP contribution in [0.25, 0.3) is 0 Å². The first kappa shape index (κ1) is 18.3. The van der Waals surface area contributed by atoms with Crippen LogP contribution in [0, 0.1) is 40.4 Å². The van der Waals surface area contributed by atoms with E-state index in [9.17, 15) is 10.2 Å². The zero-order valence-electron chi connectivity index (χ0n) is 17.4. The van der Waals surface area contributed by atoms with Gasteiger partial charge in [0.25, 0.3) is 0 Å². The Balaban J connectivity index is 1.61. The molecule has 11 atom stereocenters. The molecule has 6 aliphatic rings. The second-order valence-electron chi connectivity index (χ2n) is 10.7. The molecule has 0 unspecified atom stereocenters. The standard InChI is InChI=1S/C23H35NO4/c1-4-24-11-21(12-27-2)7-6-17(28-3)23-14-9-13-5-8-22(26,18(14)19(13)25)15(20(23)24)10-16(21)23/h5,8,13-20,25-26H,4,6-7,9-12H2,1-3H3/t13-,14+,15-,16+,17-,18+,19-,20-,21-,22-,23+/m0/s1. The van der Waals surface area contributed by atoms with Crippen molar-refractivity contribution in [2.24, 2.45) is 40.4 Å². The van der Waals surface area contributed by atoms with E-state index in [1.54, 1.807) is 0 Å². The smallest absolute Gasteiger partial charge is 0.0926 e. The van der Waals surface area contributed by atoms with Crippen LogP contribution >= 0.6 is 0 Å². The molecular formula is C23H35NO4. The summed E-state index contributed by atoms with van der Waals surface area (Å²) in [5.41, 5.74) is -0.699. The van der Waals surface area contributed by atoms with E-state index in [0.29, 0.717) is 17.9 Å². The van der Waals surface area contributed by atoms with E-state index < -0.39 is 11.7 Å². The van der Waals surface area contributed by atoms with Crippen molar-refractivity contribution in [2.75, 3.05) is 33.9 Å². The average molecular weight is 390 g/mol. The molecule has 0 radical (unpaired) electrons. The van der Waals surface area contributed by atoms with E-state index in [-0.39, 0.29) is 34.7 Å². The summed E-state index contributed by atoms with van der Waals surface area (Å²) in [5, 5.41) is 23.2. The number of hydrogen-bond donors (Lipinski definition) is 2. The van der Waals surface area contributed by atoms with Gasteiger partial charge in [-0.1, -0.05) is 19.1 Å². The van der Waals surface area contributed by atoms with Gasteiger partial charge in [-0.25, -0.2) is 0 Å². The Kier molecular flexibility index (Phi) is 3.67. The molecule has 5 heteroatoms. The van der Waals surface area contributed by atoms with Gasteiger partial charge in [0.2, 0.25) is 0 Å². The molecule has 4 saturated carbocycles. The molecule has 0 aromatic rings. The summed E-state index contributed by atoms with van der Waals surface area (Å²) in [6, 6.07) is 0.345. The number of fused-ring (bicyclic) bond motifs is 2. The van der Waals surface area contributed by atoms with E-state index in [1.165, 1.54) is 0 Å². The molecule has 1 spiro atoms. The Hall–Kier alpha value is -0.460. The minimum Gasteiger partial charge on any atom is -0.392 e. The van der Waals surface area contributed by atoms with Gasteiger partial charge in [0.15, 0.2) is 0 Å². The molecule has 0 aromatic heterocycles. The molecule has 2 N–H and O–H groups in total. The zero-order chi connectivity index (χ0) is 19.5. The van der Waals surface area contributed by atoms with Crippen molar-refractivity contribution in [2.45, 2.75) is 56.5 Å². The third kappa shape index (κ3) is 1.72. The van der Waals surface area contributed by atoms with E-state index in [2.05, 4.69) is 24.0 Å². The first-order valence-corrected chi connectivity index (χ1v) is 11.3. The van der Waals surface area contributed by atoms with Crippen molar-refractivity contribution >= 4 is 0 Å². The van der Waals surface area contributed by atoms with Gasteiger partial charge < -0.3 is 19.7 Å². The molecule has 156 valence electrons. The van der Waals surface area contributed by atoms with E-state index in [0.717, 1.165) is 45.4 Å². The normalized spacial score (nSPS) is 61.0. The second kappa shape index (κ2) is 5.61. The molecule has 7 bridgehead atoms. The first-order chi connectivity index (χ1) is 13.5. The molecule has 5 aliphatic carbocycles. The number of aliphatic hydroxyl groups is 2. The van der Waals surface area contributed by atoms with Crippen LogP contribution in [-0.2, 0) is 9.47 Å². The summed E-state index contributed by atoms with van der Waals surface area (Å²) in [7, 11) is 3.73. The van der Waals surface area contributed by atoms with Gasteiger partial charge in [-0.3, -0.25) is 4.90 Å². The SMILES string of the molecule is CCN1C[C@]2(COC)CC[C@H](OC)[C@@]34[C@@H]5C[C@@H]6C=C[C@@](O)([C@H]5[C@H]6O)[C@@H](C[C@H]23)[C@H]14. The van der Waals surface area contributed by atoms with Gasteiger partial charge >= 0.3 is 0 Å². The van der Waals surface area contributed by atoms with Crippen molar-refractivity contribution in [1.29, 1.82) is 0 Å². The summed E-state index contributed by atoms with van der Waals surface area (Å²) >= 11 is 0. The van der Waals surface area contributed by atoms with Crippen molar-refractivity contribution in [3.63, 3.8) is 0 Å². The molecule has 1 saturated heterocycles. The summed E-state index contributed by atoms with van der Waals surface area (Å²) < 4.78 is 12.1.